The number of aliphatic hydroxyl groups is 2. The SMILES string of the molecule is CC[C@H]1OC(C)[C@H](O)C[C@@H]1O. The molecule has 0 aliphatic carbocycles. The van der Waals surface area contributed by atoms with Crippen molar-refractivity contribution in [3.05, 3.63) is 0 Å². The summed E-state index contributed by atoms with van der Waals surface area (Å²) in [6, 6.07) is 0. The molecule has 1 aliphatic rings. The van der Waals surface area contributed by atoms with Crippen LogP contribution in [0.5, 0.6) is 0 Å². The van der Waals surface area contributed by atoms with Crippen LogP contribution in [-0.4, -0.2) is 34.6 Å². The third-order valence-corrected chi connectivity index (χ3v) is 2.25. The zero-order valence-corrected chi connectivity index (χ0v) is 7.03. The first-order valence-electron chi connectivity index (χ1n) is 4.16. The molecule has 3 nitrogen and oxygen atoms in total. The average molecular weight is 160 g/mol. The van der Waals surface area contributed by atoms with Gasteiger partial charge in [0, 0.05) is 6.42 Å². The van der Waals surface area contributed by atoms with Gasteiger partial charge < -0.3 is 14.9 Å². The van der Waals surface area contributed by atoms with Crippen LogP contribution >= 0.6 is 0 Å². The molecule has 0 saturated carbocycles. The lowest BCUT2D eigenvalue weighted by Gasteiger charge is -2.35. The highest BCUT2D eigenvalue weighted by Crippen LogP contribution is 2.21. The maximum absolute atomic E-state index is 9.37. The summed E-state index contributed by atoms with van der Waals surface area (Å²) >= 11 is 0. The molecule has 0 spiro atoms. The molecule has 1 unspecified atom stereocenters. The fourth-order valence-corrected chi connectivity index (χ4v) is 1.42. The first-order valence-corrected chi connectivity index (χ1v) is 4.16. The third-order valence-electron chi connectivity index (χ3n) is 2.25. The predicted octanol–water partition coefficient (Wildman–Crippen LogP) is 0.296. The van der Waals surface area contributed by atoms with E-state index in [1.54, 1.807) is 0 Å². The van der Waals surface area contributed by atoms with E-state index in [1.165, 1.54) is 0 Å². The van der Waals surface area contributed by atoms with Gasteiger partial charge in [0.05, 0.1) is 24.4 Å². The second-order valence-corrected chi connectivity index (χ2v) is 3.16. The van der Waals surface area contributed by atoms with Crippen LogP contribution in [0.3, 0.4) is 0 Å². The largest absolute Gasteiger partial charge is 0.390 e. The van der Waals surface area contributed by atoms with Gasteiger partial charge in [-0.1, -0.05) is 6.92 Å². The maximum atomic E-state index is 9.37. The zero-order chi connectivity index (χ0) is 8.43. The van der Waals surface area contributed by atoms with E-state index in [-0.39, 0.29) is 12.2 Å². The van der Waals surface area contributed by atoms with Gasteiger partial charge in [0.1, 0.15) is 0 Å². The fourth-order valence-electron chi connectivity index (χ4n) is 1.42. The molecular formula is C8H16O3. The predicted molar refractivity (Wildman–Crippen MR) is 41.3 cm³/mol. The van der Waals surface area contributed by atoms with E-state index in [0.29, 0.717) is 6.42 Å². The minimum atomic E-state index is -0.507. The van der Waals surface area contributed by atoms with E-state index in [4.69, 9.17) is 4.74 Å². The maximum Gasteiger partial charge on any atom is 0.0837 e. The first-order chi connectivity index (χ1) is 5.15. The Labute approximate surface area is 67.0 Å². The van der Waals surface area contributed by atoms with Crippen molar-refractivity contribution in [3.8, 4) is 0 Å². The lowest BCUT2D eigenvalue weighted by Crippen LogP contribution is -2.45. The van der Waals surface area contributed by atoms with Gasteiger partial charge >= 0.3 is 0 Å². The van der Waals surface area contributed by atoms with E-state index >= 15 is 0 Å². The number of rotatable bonds is 1. The smallest absolute Gasteiger partial charge is 0.0837 e. The van der Waals surface area contributed by atoms with E-state index in [9.17, 15) is 10.2 Å². The molecular weight excluding hydrogens is 144 g/mol. The number of ether oxygens (including phenoxy) is 1. The molecule has 1 fully saturated rings. The second-order valence-electron chi connectivity index (χ2n) is 3.16. The molecule has 1 heterocycles. The van der Waals surface area contributed by atoms with Gasteiger partial charge in [0.15, 0.2) is 0 Å². The minimum absolute atomic E-state index is 0.0894. The highest BCUT2D eigenvalue weighted by molar-refractivity contribution is 4.81. The van der Waals surface area contributed by atoms with Crippen molar-refractivity contribution >= 4 is 0 Å². The van der Waals surface area contributed by atoms with Crippen molar-refractivity contribution in [2.45, 2.75) is 51.1 Å². The quantitative estimate of drug-likeness (QED) is 0.580. The molecule has 0 amide bonds. The number of aliphatic hydroxyl groups excluding tert-OH is 2. The first kappa shape index (κ1) is 8.97. The van der Waals surface area contributed by atoms with Crippen molar-refractivity contribution in [2.75, 3.05) is 0 Å². The van der Waals surface area contributed by atoms with Crippen LogP contribution in [0.15, 0.2) is 0 Å². The summed E-state index contributed by atoms with van der Waals surface area (Å²) in [6.07, 6.45) is 0.0218. The van der Waals surface area contributed by atoms with Crippen molar-refractivity contribution < 1.29 is 14.9 Å². The van der Waals surface area contributed by atoms with Crippen molar-refractivity contribution in [1.82, 2.24) is 0 Å². The summed E-state index contributed by atoms with van der Waals surface area (Å²) in [4.78, 5) is 0. The molecule has 0 radical (unpaired) electrons. The van der Waals surface area contributed by atoms with Crippen LogP contribution in [0.4, 0.5) is 0 Å². The van der Waals surface area contributed by atoms with E-state index in [0.717, 1.165) is 6.42 Å². The highest BCUT2D eigenvalue weighted by atomic mass is 16.5. The van der Waals surface area contributed by atoms with Crippen LogP contribution < -0.4 is 0 Å². The van der Waals surface area contributed by atoms with Gasteiger partial charge in [-0.3, -0.25) is 0 Å². The molecule has 1 rings (SSSR count). The molecule has 1 saturated heterocycles. The number of hydrogen-bond acceptors (Lipinski definition) is 3. The topological polar surface area (TPSA) is 49.7 Å². The molecule has 0 aromatic carbocycles. The molecule has 3 heteroatoms. The summed E-state index contributed by atoms with van der Waals surface area (Å²) < 4.78 is 5.36. The Hall–Kier alpha value is -0.120. The van der Waals surface area contributed by atoms with E-state index < -0.39 is 12.2 Å². The summed E-state index contributed by atoms with van der Waals surface area (Å²) in [6.45, 7) is 3.80. The van der Waals surface area contributed by atoms with Crippen LogP contribution in [0.25, 0.3) is 0 Å². The Morgan fingerprint density at radius 3 is 2.55 bits per heavy atom. The Bertz CT molecular complexity index is 127. The van der Waals surface area contributed by atoms with Gasteiger partial charge in [-0.05, 0) is 13.3 Å². The van der Waals surface area contributed by atoms with Gasteiger partial charge in [0.2, 0.25) is 0 Å². The van der Waals surface area contributed by atoms with Crippen molar-refractivity contribution in [2.24, 2.45) is 0 Å². The second kappa shape index (κ2) is 3.52. The standard InChI is InChI=1S/C8H16O3/c1-3-8-7(10)4-6(9)5(2)11-8/h5-10H,3-4H2,1-2H3/t5?,6-,7+,8-/m1/s1. The molecule has 11 heavy (non-hydrogen) atoms. The molecule has 1 aliphatic heterocycles. The van der Waals surface area contributed by atoms with Crippen LogP contribution in [0.2, 0.25) is 0 Å². The average Bonchev–Trinajstić information content (AvgIpc) is 1.97. The number of hydrogen-bond donors (Lipinski definition) is 2. The van der Waals surface area contributed by atoms with E-state index in [1.807, 2.05) is 13.8 Å². The Kier molecular flexibility index (Phi) is 2.87. The third kappa shape index (κ3) is 1.92. The van der Waals surface area contributed by atoms with Crippen LogP contribution in [0.1, 0.15) is 26.7 Å². The van der Waals surface area contributed by atoms with Crippen molar-refractivity contribution in [3.63, 3.8) is 0 Å². The minimum Gasteiger partial charge on any atom is -0.390 e. The van der Waals surface area contributed by atoms with E-state index in [2.05, 4.69) is 0 Å². The molecule has 66 valence electrons. The lowest BCUT2D eigenvalue weighted by molar-refractivity contribution is -0.162. The summed E-state index contributed by atoms with van der Waals surface area (Å²) in [7, 11) is 0. The molecule has 0 aromatic rings. The Morgan fingerprint density at radius 2 is 2.00 bits per heavy atom. The van der Waals surface area contributed by atoms with Gasteiger partial charge in [-0.25, -0.2) is 0 Å². The van der Waals surface area contributed by atoms with Gasteiger partial charge in [0.25, 0.3) is 0 Å². The summed E-state index contributed by atoms with van der Waals surface area (Å²) in [5.41, 5.74) is 0. The fraction of sp³-hybridized carbons (Fsp3) is 1.00. The highest BCUT2D eigenvalue weighted by Gasteiger charge is 2.32. The molecule has 0 bridgehead atoms. The van der Waals surface area contributed by atoms with Gasteiger partial charge in [-0.2, -0.15) is 0 Å². The lowest BCUT2D eigenvalue weighted by atomic mass is 9.98. The normalized spacial score (nSPS) is 45.8. The summed E-state index contributed by atoms with van der Waals surface area (Å²) in [5.74, 6) is 0. The monoisotopic (exact) mass is 160 g/mol. The van der Waals surface area contributed by atoms with Gasteiger partial charge in [-0.15, -0.1) is 0 Å². The molecule has 4 atom stereocenters. The van der Waals surface area contributed by atoms with Crippen molar-refractivity contribution in [1.29, 1.82) is 0 Å². The Morgan fingerprint density at radius 1 is 1.36 bits per heavy atom. The zero-order valence-electron chi connectivity index (χ0n) is 7.03. The van der Waals surface area contributed by atoms with Crippen LogP contribution in [-0.2, 0) is 4.74 Å². The summed E-state index contributed by atoms with van der Waals surface area (Å²) in [5, 5.41) is 18.6. The molecule has 2 N–H and O–H groups in total. The Balaban J connectivity index is 2.48. The van der Waals surface area contributed by atoms with Crippen LogP contribution in [0, 0.1) is 0 Å². The molecule has 0 aromatic heterocycles.